The van der Waals surface area contributed by atoms with Gasteiger partial charge < -0.3 is 9.64 Å². The van der Waals surface area contributed by atoms with Crippen LogP contribution in [-0.2, 0) is 9.53 Å². The Kier molecular flexibility index (Phi) is 7.90. The fraction of sp³-hybridized carbons (Fsp3) is 0.941. The van der Waals surface area contributed by atoms with Gasteiger partial charge in [-0.15, -0.1) is 0 Å². The second-order valence-electron chi connectivity index (χ2n) is 7.62. The summed E-state index contributed by atoms with van der Waals surface area (Å²) >= 11 is 0. The quantitative estimate of drug-likeness (QED) is 0.700. The molecule has 2 unspecified atom stereocenters. The van der Waals surface area contributed by atoms with Crippen molar-refractivity contribution < 1.29 is 9.53 Å². The van der Waals surface area contributed by atoms with Crippen molar-refractivity contribution in [1.82, 2.24) is 10.2 Å². The van der Waals surface area contributed by atoms with E-state index in [4.69, 9.17) is 4.74 Å². The van der Waals surface area contributed by atoms with Gasteiger partial charge in [0.15, 0.2) is 0 Å². The summed E-state index contributed by atoms with van der Waals surface area (Å²) < 4.78 is 5.25. The summed E-state index contributed by atoms with van der Waals surface area (Å²) in [5, 5.41) is 3.37. The van der Waals surface area contributed by atoms with E-state index in [0.717, 1.165) is 13.0 Å². The van der Waals surface area contributed by atoms with Crippen LogP contribution in [0.15, 0.2) is 0 Å². The molecule has 0 fully saturated rings. The number of hydrogen-bond donors (Lipinski definition) is 1. The van der Waals surface area contributed by atoms with Gasteiger partial charge in [-0.2, -0.15) is 0 Å². The van der Waals surface area contributed by atoms with Crippen LogP contribution >= 0.6 is 0 Å². The highest BCUT2D eigenvalue weighted by Crippen LogP contribution is 2.24. The van der Waals surface area contributed by atoms with Crippen LogP contribution < -0.4 is 5.32 Å². The van der Waals surface area contributed by atoms with Gasteiger partial charge >= 0.3 is 5.97 Å². The number of carbonyl (C=O) groups excluding carboxylic acids is 1. The Labute approximate surface area is 131 Å². The molecule has 0 aliphatic heterocycles. The molecule has 4 heteroatoms. The Balaban J connectivity index is 4.80. The first-order valence-corrected chi connectivity index (χ1v) is 8.09. The van der Waals surface area contributed by atoms with Gasteiger partial charge in [-0.25, -0.2) is 0 Å². The van der Waals surface area contributed by atoms with E-state index in [2.05, 4.69) is 58.8 Å². The summed E-state index contributed by atoms with van der Waals surface area (Å²) in [7, 11) is 2.12. The van der Waals surface area contributed by atoms with E-state index in [-0.39, 0.29) is 17.4 Å². The highest BCUT2D eigenvalue weighted by Gasteiger charge is 2.36. The van der Waals surface area contributed by atoms with E-state index >= 15 is 0 Å². The second kappa shape index (κ2) is 8.14. The minimum Gasteiger partial charge on any atom is -0.465 e. The summed E-state index contributed by atoms with van der Waals surface area (Å²) in [6.07, 6.45) is 0.737. The normalized spacial score (nSPS) is 16.9. The number of esters is 1. The first-order chi connectivity index (χ1) is 9.44. The molecule has 126 valence electrons. The van der Waals surface area contributed by atoms with Crippen molar-refractivity contribution >= 4 is 5.97 Å². The lowest BCUT2D eigenvalue weighted by Gasteiger charge is -2.38. The van der Waals surface area contributed by atoms with Crippen molar-refractivity contribution in [2.75, 3.05) is 20.2 Å². The lowest BCUT2D eigenvalue weighted by Crippen LogP contribution is -2.55. The van der Waals surface area contributed by atoms with Gasteiger partial charge in [-0.05, 0) is 53.5 Å². The maximum Gasteiger partial charge on any atom is 0.326 e. The van der Waals surface area contributed by atoms with E-state index in [9.17, 15) is 4.79 Å². The molecule has 0 radical (unpaired) electrons. The zero-order chi connectivity index (χ0) is 16.8. The predicted octanol–water partition coefficient (Wildman–Crippen LogP) is 3.06. The van der Waals surface area contributed by atoms with Crippen LogP contribution in [0.4, 0.5) is 0 Å². The van der Waals surface area contributed by atoms with Crippen molar-refractivity contribution in [3.8, 4) is 0 Å². The largest absolute Gasteiger partial charge is 0.465 e. The molecular formula is C17H36N2O2. The minimum absolute atomic E-state index is 0.157. The minimum atomic E-state index is -0.629. The maximum absolute atomic E-state index is 12.3. The Morgan fingerprint density at radius 1 is 1.19 bits per heavy atom. The maximum atomic E-state index is 12.3. The molecule has 0 saturated heterocycles. The van der Waals surface area contributed by atoms with Crippen molar-refractivity contribution in [3.63, 3.8) is 0 Å². The fourth-order valence-corrected chi connectivity index (χ4v) is 2.42. The fourth-order valence-electron chi connectivity index (χ4n) is 2.42. The second-order valence-corrected chi connectivity index (χ2v) is 7.62. The number of carbonyl (C=O) groups is 1. The Bertz CT molecular complexity index is 323. The third-order valence-electron chi connectivity index (χ3n) is 4.21. The molecule has 0 aromatic heterocycles. The molecule has 4 nitrogen and oxygen atoms in total. The highest BCUT2D eigenvalue weighted by molar-refractivity contribution is 5.80. The number of hydrogen-bond acceptors (Lipinski definition) is 4. The van der Waals surface area contributed by atoms with Gasteiger partial charge in [-0.3, -0.25) is 10.1 Å². The lowest BCUT2D eigenvalue weighted by atomic mass is 9.86. The number of nitrogens with one attached hydrogen (secondary N) is 1. The monoisotopic (exact) mass is 300 g/mol. The van der Waals surface area contributed by atoms with Gasteiger partial charge in [0.25, 0.3) is 0 Å². The number of nitrogens with zero attached hydrogens (tertiary/aromatic N) is 1. The molecule has 21 heavy (non-hydrogen) atoms. The van der Waals surface area contributed by atoms with Gasteiger partial charge in [0.2, 0.25) is 0 Å². The average Bonchev–Trinajstić information content (AvgIpc) is 2.33. The van der Waals surface area contributed by atoms with Crippen LogP contribution in [0.1, 0.15) is 61.8 Å². The highest BCUT2D eigenvalue weighted by atomic mass is 16.5. The van der Waals surface area contributed by atoms with Crippen LogP contribution in [0.2, 0.25) is 0 Å². The van der Waals surface area contributed by atoms with E-state index in [1.165, 1.54) is 0 Å². The average molecular weight is 300 g/mol. The van der Waals surface area contributed by atoms with Crippen LogP contribution in [0.3, 0.4) is 0 Å². The summed E-state index contributed by atoms with van der Waals surface area (Å²) in [5.41, 5.74) is -0.406. The Morgan fingerprint density at radius 2 is 1.71 bits per heavy atom. The van der Waals surface area contributed by atoms with Gasteiger partial charge in [0.1, 0.15) is 5.54 Å². The number of ether oxygens (including phenoxy) is 1. The molecule has 0 rings (SSSR count). The molecule has 0 aromatic rings. The van der Waals surface area contributed by atoms with Gasteiger partial charge in [0, 0.05) is 18.6 Å². The zero-order valence-electron chi connectivity index (χ0n) is 15.5. The molecule has 0 aliphatic rings. The molecule has 1 N–H and O–H groups in total. The van der Waals surface area contributed by atoms with Crippen LogP contribution in [0.5, 0.6) is 0 Å². The topological polar surface area (TPSA) is 41.6 Å². The molecule has 0 aromatic carbocycles. The molecule has 0 saturated carbocycles. The van der Waals surface area contributed by atoms with Crippen molar-refractivity contribution in [1.29, 1.82) is 0 Å². The molecule has 0 heterocycles. The standard InChI is InChI=1S/C17H36N2O2/c1-10-21-15(20)17(8,18-13(2)3)11-12-19(9)14(4)16(5,6)7/h13-14,18H,10-12H2,1-9H3. The molecule has 0 bridgehead atoms. The van der Waals surface area contributed by atoms with Crippen LogP contribution in [0.25, 0.3) is 0 Å². The molecule has 0 aliphatic carbocycles. The molecule has 0 amide bonds. The summed E-state index contributed by atoms with van der Waals surface area (Å²) in [6, 6.07) is 0.688. The van der Waals surface area contributed by atoms with E-state index in [1.54, 1.807) is 0 Å². The SMILES string of the molecule is CCOC(=O)C(C)(CCN(C)C(C)C(C)(C)C)NC(C)C. The van der Waals surface area contributed by atoms with E-state index in [1.807, 2.05) is 13.8 Å². The zero-order valence-corrected chi connectivity index (χ0v) is 15.5. The van der Waals surface area contributed by atoms with Crippen molar-refractivity contribution in [2.24, 2.45) is 5.41 Å². The van der Waals surface area contributed by atoms with Crippen molar-refractivity contribution in [3.05, 3.63) is 0 Å². The first-order valence-electron chi connectivity index (χ1n) is 8.09. The van der Waals surface area contributed by atoms with Crippen LogP contribution in [0, 0.1) is 5.41 Å². The predicted molar refractivity (Wildman–Crippen MR) is 89.5 cm³/mol. The molecular weight excluding hydrogens is 264 g/mol. The molecule has 2 atom stereocenters. The summed E-state index contributed by atoms with van der Waals surface area (Å²) in [6.45, 7) is 18.1. The van der Waals surface area contributed by atoms with Gasteiger partial charge in [-0.1, -0.05) is 20.8 Å². The number of rotatable bonds is 8. The summed E-state index contributed by atoms with van der Waals surface area (Å²) in [4.78, 5) is 14.6. The summed E-state index contributed by atoms with van der Waals surface area (Å²) in [5.74, 6) is -0.157. The van der Waals surface area contributed by atoms with Gasteiger partial charge in [0.05, 0.1) is 6.61 Å². The van der Waals surface area contributed by atoms with E-state index in [0.29, 0.717) is 12.6 Å². The lowest BCUT2D eigenvalue weighted by molar-refractivity contribution is -0.151. The molecule has 0 spiro atoms. The third kappa shape index (κ3) is 6.79. The van der Waals surface area contributed by atoms with Crippen LogP contribution in [-0.4, -0.2) is 48.7 Å². The third-order valence-corrected chi connectivity index (χ3v) is 4.21. The van der Waals surface area contributed by atoms with Crippen molar-refractivity contribution in [2.45, 2.75) is 79.4 Å². The Morgan fingerprint density at radius 3 is 2.10 bits per heavy atom. The van der Waals surface area contributed by atoms with E-state index < -0.39 is 5.54 Å². The Hall–Kier alpha value is -0.610. The smallest absolute Gasteiger partial charge is 0.326 e. The first kappa shape index (κ1) is 20.4.